The van der Waals surface area contributed by atoms with E-state index in [0.717, 1.165) is 25.7 Å². The third-order valence-corrected chi connectivity index (χ3v) is 3.67. The molecule has 5 nitrogen and oxygen atoms in total. The highest BCUT2D eigenvalue weighted by molar-refractivity contribution is 5.88. The van der Waals surface area contributed by atoms with Gasteiger partial charge in [0, 0.05) is 12.0 Å². The Hall–Kier alpha value is -1.10. The van der Waals surface area contributed by atoms with Gasteiger partial charge in [-0.25, -0.2) is 0 Å². The Balaban J connectivity index is 2.43. The second-order valence-electron chi connectivity index (χ2n) is 5.86. The van der Waals surface area contributed by atoms with E-state index in [9.17, 15) is 9.59 Å². The monoisotopic (exact) mass is 269 g/mol. The minimum Gasteiger partial charge on any atom is -0.352 e. The van der Waals surface area contributed by atoms with E-state index in [2.05, 4.69) is 10.6 Å². The maximum Gasteiger partial charge on any atom is 0.242 e. The summed E-state index contributed by atoms with van der Waals surface area (Å²) in [5.74, 6) is 0.319. The molecule has 0 radical (unpaired) electrons. The second kappa shape index (κ2) is 7.48. The topological polar surface area (TPSA) is 84.2 Å². The Morgan fingerprint density at radius 1 is 1.21 bits per heavy atom. The molecule has 1 aliphatic carbocycles. The molecule has 2 amide bonds. The van der Waals surface area contributed by atoms with Gasteiger partial charge in [0.1, 0.15) is 6.04 Å². The van der Waals surface area contributed by atoms with Crippen LogP contribution in [0.15, 0.2) is 0 Å². The van der Waals surface area contributed by atoms with Gasteiger partial charge in [0.15, 0.2) is 0 Å². The average Bonchev–Trinajstić information content (AvgIpc) is 2.37. The van der Waals surface area contributed by atoms with Crippen LogP contribution in [-0.4, -0.2) is 30.4 Å². The molecule has 0 saturated heterocycles. The highest BCUT2D eigenvalue weighted by atomic mass is 16.2. The lowest BCUT2D eigenvalue weighted by Crippen LogP contribution is -2.49. The van der Waals surface area contributed by atoms with Crippen LogP contribution >= 0.6 is 0 Å². The van der Waals surface area contributed by atoms with E-state index >= 15 is 0 Å². The Morgan fingerprint density at radius 3 is 2.47 bits per heavy atom. The molecule has 1 saturated carbocycles. The van der Waals surface area contributed by atoms with E-state index in [0.29, 0.717) is 12.5 Å². The van der Waals surface area contributed by atoms with Crippen molar-refractivity contribution in [2.45, 2.75) is 58.5 Å². The van der Waals surface area contributed by atoms with Gasteiger partial charge < -0.3 is 16.4 Å². The van der Waals surface area contributed by atoms with Crippen molar-refractivity contribution in [3.05, 3.63) is 0 Å². The quantitative estimate of drug-likeness (QED) is 0.689. The Bertz CT molecular complexity index is 318. The normalized spacial score (nSPS) is 24.9. The lowest BCUT2D eigenvalue weighted by atomic mass is 9.81. The predicted molar refractivity (Wildman–Crippen MR) is 75.4 cm³/mol. The van der Waals surface area contributed by atoms with E-state index in [1.165, 1.54) is 0 Å². The maximum absolute atomic E-state index is 12.1. The van der Waals surface area contributed by atoms with E-state index in [1.54, 1.807) is 6.92 Å². The third-order valence-electron chi connectivity index (χ3n) is 3.67. The van der Waals surface area contributed by atoms with Gasteiger partial charge in [0.25, 0.3) is 0 Å². The van der Waals surface area contributed by atoms with Crippen molar-refractivity contribution >= 4 is 11.8 Å². The Morgan fingerprint density at radius 2 is 1.89 bits per heavy atom. The number of carbonyl (C=O) groups is 2. The molecule has 5 heteroatoms. The number of hydrogen-bond acceptors (Lipinski definition) is 3. The first kappa shape index (κ1) is 16.0. The summed E-state index contributed by atoms with van der Waals surface area (Å²) in [7, 11) is 0. The van der Waals surface area contributed by atoms with Crippen molar-refractivity contribution in [1.82, 2.24) is 10.6 Å². The Kier molecular flexibility index (Phi) is 6.28. The second-order valence-corrected chi connectivity index (χ2v) is 5.86. The molecule has 110 valence electrons. The number of amides is 2. The summed E-state index contributed by atoms with van der Waals surface area (Å²) in [5.41, 5.74) is 5.67. The average molecular weight is 269 g/mol. The number of carbonyl (C=O) groups excluding carboxylic acids is 2. The van der Waals surface area contributed by atoms with Crippen molar-refractivity contribution in [2.75, 3.05) is 6.54 Å². The number of nitrogens with one attached hydrogen (secondary N) is 2. The fourth-order valence-corrected chi connectivity index (χ4v) is 2.55. The molecular weight excluding hydrogens is 242 g/mol. The molecule has 0 aromatic carbocycles. The van der Waals surface area contributed by atoms with Crippen LogP contribution in [0.1, 0.15) is 46.5 Å². The smallest absolute Gasteiger partial charge is 0.242 e. The van der Waals surface area contributed by atoms with Gasteiger partial charge in [-0.1, -0.05) is 6.42 Å². The molecule has 3 unspecified atom stereocenters. The summed E-state index contributed by atoms with van der Waals surface area (Å²) in [6.07, 6.45) is 3.91. The molecule has 0 aromatic heterocycles. The van der Waals surface area contributed by atoms with Gasteiger partial charge in [-0.05, 0) is 52.5 Å². The number of rotatable bonds is 5. The molecule has 4 N–H and O–H groups in total. The van der Waals surface area contributed by atoms with E-state index in [1.807, 2.05) is 13.8 Å². The van der Waals surface area contributed by atoms with Gasteiger partial charge in [0.2, 0.25) is 11.8 Å². The van der Waals surface area contributed by atoms with Crippen LogP contribution in [0.2, 0.25) is 0 Å². The van der Waals surface area contributed by atoms with Crippen LogP contribution in [0.4, 0.5) is 0 Å². The minimum absolute atomic E-state index is 0.00967. The van der Waals surface area contributed by atoms with Crippen molar-refractivity contribution < 1.29 is 9.59 Å². The fourth-order valence-electron chi connectivity index (χ4n) is 2.55. The van der Waals surface area contributed by atoms with Crippen LogP contribution in [0.25, 0.3) is 0 Å². The summed E-state index contributed by atoms with van der Waals surface area (Å²) in [4.78, 5) is 23.9. The molecule has 1 rings (SSSR count). The van der Waals surface area contributed by atoms with Crippen molar-refractivity contribution in [3.63, 3.8) is 0 Å². The highest BCUT2D eigenvalue weighted by Gasteiger charge is 2.28. The predicted octanol–water partition coefficient (Wildman–Crippen LogP) is 0.781. The molecule has 0 aromatic rings. The van der Waals surface area contributed by atoms with E-state index < -0.39 is 6.04 Å². The van der Waals surface area contributed by atoms with Crippen LogP contribution in [0.3, 0.4) is 0 Å². The molecule has 0 aliphatic heterocycles. The summed E-state index contributed by atoms with van der Waals surface area (Å²) in [5, 5.41) is 5.60. The zero-order chi connectivity index (χ0) is 14.4. The molecule has 1 fully saturated rings. The summed E-state index contributed by atoms with van der Waals surface area (Å²) >= 11 is 0. The third kappa shape index (κ3) is 5.19. The first-order chi connectivity index (χ1) is 8.93. The largest absolute Gasteiger partial charge is 0.352 e. The molecule has 0 bridgehead atoms. The first-order valence-electron chi connectivity index (χ1n) is 7.24. The van der Waals surface area contributed by atoms with Crippen LogP contribution in [-0.2, 0) is 9.59 Å². The van der Waals surface area contributed by atoms with Gasteiger partial charge in [-0.3, -0.25) is 9.59 Å². The van der Waals surface area contributed by atoms with Crippen LogP contribution in [0, 0.1) is 11.8 Å². The summed E-state index contributed by atoms with van der Waals surface area (Å²) in [6.45, 7) is 6.17. The van der Waals surface area contributed by atoms with Gasteiger partial charge in [0.05, 0.1) is 0 Å². The lowest BCUT2D eigenvalue weighted by molar-refractivity contribution is -0.131. The zero-order valence-electron chi connectivity index (χ0n) is 12.2. The summed E-state index contributed by atoms with van der Waals surface area (Å²) in [6, 6.07) is -0.392. The minimum atomic E-state index is -0.479. The molecule has 3 atom stereocenters. The standard InChI is InChI=1S/C14H27N3O2/c1-9(2)16-13(18)10(3)17-14(19)12-6-4-5-11(7-12)8-15/h9-12H,4-8,15H2,1-3H3,(H,16,18)(H,17,19). The van der Waals surface area contributed by atoms with Crippen LogP contribution in [0.5, 0.6) is 0 Å². The highest BCUT2D eigenvalue weighted by Crippen LogP contribution is 2.28. The van der Waals surface area contributed by atoms with E-state index in [-0.39, 0.29) is 23.8 Å². The van der Waals surface area contributed by atoms with Gasteiger partial charge >= 0.3 is 0 Å². The van der Waals surface area contributed by atoms with Crippen LogP contribution < -0.4 is 16.4 Å². The van der Waals surface area contributed by atoms with Gasteiger partial charge in [-0.2, -0.15) is 0 Å². The van der Waals surface area contributed by atoms with Crippen molar-refractivity contribution in [1.29, 1.82) is 0 Å². The molecule has 0 spiro atoms. The van der Waals surface area contributed by atoms with E-state index in [4.69, 9.17) is 5.73 Å². The summed E-state index contributed by atoms with van der Waals surface area (Å²) < 4.78 is 0. The van der Waals surface area contributed by atoms with Crippen molar-refractivity contribution in [3.8, 4) is 0 Å². The molecular formula is C14H27N3O2. The van der Waals surface area contributed by atoms with Gasteiger partial charge in [-0.15, -0.1) is 0 Å². The fraction of sp³-hybridized carbons (Fsp3) is 0.857. The zero-order valence-corrected chi connectivity index (χ0v) is 12.2. The number of nitrogens with two attached hydrogens (primary N) is 1. The SMILES string of the molecule is CC(C)NC(=O)C(C)NC(=O)C1CCCC(CN)C1. The first-order valence-corrected chi connectivity index (χ1v) is 7.24. The lowest BCUT2D eigenvalue weighted by Gasteiger charge is -2.28. The molecule has 0 heterocycles. The maximum atomic E-state index is 12.1. The Labute approximate surface area is 115 Å². The van der Waals surface area contributed by atoms with Crippen molar-refractivity contribution in [2.24, 2.45) is 17.6 Å². The molecule has 1 aliphatic rings. The number of hydrogen-bond donors (Lipinski definition) is 3. The molecule has 19 heavy (non-hydrogen) atoms.